The van der Waals surface area contributed by atoms with Crippen molar-refractivity contribution < 1.29 is 9.53 Å². The average Bonchev–Trinajstić information content (AvgIpc) is 2.30. The van der Waals surface area contributed by atoms with E-state index in [4.69, 9.17) is 4.74 Å². The molecule has 3 heteroatoms. The molecule has 90 valence electrons. The van der Waals surface area contributed by atoms with Crippen molar-refractivity contribution in [3.8, 4) is 0 Å². The third-order valence-electron chi connectivity index (χ3n) is 3.12. The van der Waals surface area contributed by atoms with Gasteiger partial charge in [0, 0.05) is 23.6 Å². The molecule has 2 nitrogen and oxygen atoms in total. The van der Waals surface area contributed by atoms with E-state index in [2.05, 4.69) is 30.3 Å². The number of ether oxygens (including phenoxy) is 1. The Kier molecular flexibility index (Phi) is 3.79. The van der Waals surface area contributed by atoms with Gasteiger partial charge in [0.2, 0.25) is 0 Å². The molecule has 0 saturated heterocycles. The lowest BCUT2D eigenvalue weighted by atomic mass is 9.92. The van der Waals surface area contributed by atoms with Gasteiger partial charge in [0.05, 0.1) is 0 Å². The SMILES string of the molecule is CC(=O)OC1CC=C(c2ccc([SiH3])cc2)CC1. The highest BCUT2D eigenvalue weighted by Crippen LogP contribution is 2.27. The largest absolute Gasteiger partial charge is 0.462 e. The maximum Gasteiger partial charge on any atom is 0.302 e. The number of allylic oxidation sites excluding steroid dienone is 1. The molecule has 0 aromatic heterocycles. The highest BCUT2D eigenvalue weighted by Gasteiger charge is 2.17. The molecular weight excluding hydrogens is 228 g/mol. The van der Waals surface area contributed by atoms with Crippen molar-refractivity contribution in [3.05, 3.63) is 35.9 Å². The maximum absolute atomic E-state index is 10.9. The monoisotopic (exact) mass is 246 g/mol. The van der Waals surface area contributed by atoms with Gasteiger partial charge in [-0.05, 0) is 24.0 Å². The summed E-state index contributed by atoms with van der Waals surface area (Å²) in [6.45, 7) is 1.48. The molecule has 0 bridgehead atoms. The zero-order valence-electron chi connectivity index (χ0n) is 10.4. The summed E-state index contributed by atoms with van der Waals surface area (Å²) in [7, 11) is 1.10. The first-order valence-electron chi connectivity index (χ1n) is 6.08. The Hall–Kier alpha value is -1.35. The molecule has 0 spiro atoms. The molecule has 0 heterocycles. The number of benzene rings is 1. The van der Waals surface area contributed by atoms with Crippen LogP contribution in [0.5, 0.6) is 0 Å². The van der Waals surface area contributed by atoms with E-state index in [1.165, 1.54) is 23.2 Å². The maximum atomic E-state index is 10.9. The van der Waals surface area contributed by atoms with E-state index in [1.54, 1.807) is 0 Å². The molecule has 1 atom stereocenters. The fourth-order valence-electron chi connectivity index (χ4n) is 2.18. The smallest absolute Gasteiger partial charge is 0.302 e. The fourth-order valence-corrected chi connectivity index (χ4v) is 2.52. The summed E-state index contributed by atoms with van der Waals surface area (Å²) in [5.41, 5.74) is 2.70. The molecule has 0 amide bonds. The second kappa shape index (κ2) is 5.32. The molecule has 0 saturated carbocycles. The first-order valence-corrected chi connectivity index (χ1v) is 7.08. The molecule has 1 aliphatic rings. The van der Waals surface area contributed by atoms with Crippen molar-refractivity contribution in [1.29, 1.82) is 0 Å². The summed E-state index contributed by atoms with van der Waals surface area (Å²) in [5.74, 6) is -0.174. The predicted octanol–water partition coefficient (Wildman–Crippen LogP) is 1.18. The lowest BCUT2D eigenvalue weighted by molar-refractivity contribution is -0.146. The number of carbonyl (C=O) groups excluding carboxylic acids is 1. The van der Waals surface area contributed by atoms with E-state index in [1.807, 2.05) is 0 Å². The predicted molar refractivity (Wildman–Crippen MR) is 73.4 cm³/mol. The van der Waals surface area contributed by atoms with E-state index in [9.17, 15) is 4.79 Å². The van der Waals surface area contributed by atoms with Crippen LogP contribution in [0, 0.1) is 0 Å². The molecule has 2 rings (SSSR count). The van der Waals surface area contributed by atoms with Crippen molar-refractivity contribution >= 4 is 27.0 Å². The van der Waals surface area contributed by atoms with E-state index in [-0.39, 0.29) is 12.1 Å². The van der Waals surface area contributed by atoms with Crippen LogP contribution in [-0.4, -0.2) is 22.3 Å². The molecule has 17 heavy (non-hydrogen) atoms. The van der Waals surface area contributed by atoms with Gasteiger partial charge in [0.1, 0.15) is 6.10 Å². The zero-order chi connectivity index (χ0) is 12.3. The van der Waals surface area contributed by atoms with Gasteiger partial charge in [-0.2, -0.15) is 0 Å². The molecule has 1 aromatic rings. The van der Waals surface area contributed by atoms with Gasteiger partial charge in [0.15, 0.2) is 0 Å². The first kappa shape index (κ1) is 12.1. The van der Waals surface area contributed by atoms with Crippen LogP contribution in [-0.2, 0) is 9.53 Å². The number of esters is 1. The van der Waals surface area contributed by atoms with Crippen molar-refractivity contribution in [1.82, 2.24) is 0 Å². The van der Waals surface area contributed by atoms with Gasteiger partial charge in [-0.15, -0.1) is 0 Å². The molecular formula is C14H18O2Si. The molecule has 1 aliphatic carbocycles. The summed E-state index contributed by atoms with van der Waals surface area (Å²) in [5, 5.41) is 1.42. The van der Waals surface area contributed by atoms with Crippen LogP contribution in [0.1, 0.15) is 31.7 Å². The van der Waals surface area contributed by atoms with Crippen molar-refractivity contribution in [3.63, 3.8) is 0 Å². The van der Waals surface area contributed by atoms with Gasteiger partial charge in [-0.3, -0.25) is 4.79 Å². The lowest BCUT2D eigenvalue weighted by Crippen LogP contribution is -2.18. The van der Waals surface area contributed by atoms with E-state index in [0.29, 0.717) is 0 Å². The van der Waals surface area contributed by atoms with Crippen LogP contribution in [0.15, 0.2) is 30.3 Å². The minimum atomic E-state index is -0.174. The third-order valence-corrected chi connectivity index (χ3v) is 3.78. The topological polar surface area (TPSA) is 26.3 Å². The fraction of sp³-hybridized carbons (Fsp3) is 0.357. The standard InChI is InChI=1S/C14H18O2Si/c1-10(15)16-13-6-2-11(3-7-13)12-4-8-14(17)9-5-12/h2,4-5,8-9,13H,3,6-7H2,1,17H3. The zero-order valence-corrected chi connectivity index (χ0v) is 12.4. The molecule has 0 fully saturated rings. The lowest BCUT2D eigenvalue weighted by Gasteiger charge is -2.21. The highest BCUT2D eigenvalue weighted by atomic mass is 28.1. The van der Waals surface area contributed by atoms with Gasteiger partial charge < -0.3 is 4.74 Å². The molecule has 0 radical (unpaired) electrons. The Balaban J connectivity index is 2.03. The third kappa shape index (κ3) is 3.30. The van der Waals surface area contributed by atoms with E-state index >= 15 is 0 Å². The van der Waals surface area contributed by atoms with Crippen molar-refractivity contribution in [2.75, 3.05) is 0 Å². The minimum absolute atomic E-state index is 0.0779. The highest BCUT2D eigenvalue weighted by molar-refractivity contribution is 6.32. The van der Waals surface area contributed by atoms with E-state index < -0.39 is 0 Å². The quantitative estimate of drug-likeness (QED) is 0.578. The van der Waals surface area contributed by atoms with Gasteiger partial charge in [-0.1, -0.05) is 35.5 Å². The summed E-state index contributed by atoms with van der Waals surface area (Å²) < 4.78 is 5.22. The molecule has 1 aromatic carbocycles. The summed E-state index contributed by atoms with van der Waals surface area (Å²) in [6, 6.07) is 8.78. The van der Waals surface area contributed by atoms with Gasteiger partial charge >= 0.3 is 5.97 Å². The number of hydrogen-bond acceptors (Lipinski definition) is 2. The normalized spacial score (nSPS) is 19.8. The van der Waals surface area contributed by atoms with Crippen LogP contribution in [0.2, 0.25) is 0 Å². The van der Waals surface area contributed by atoms with Crippen LogP contribution in [0.4, 0.5) is 0 Å². The van der Waals surface area contributed by atoms with Crippen LogP contribution in [0.25, 0.3) is 5.57 Å². The Morgan fingerprint density at radius 1 is 1.35 bits per heavy atom. The molecule has 1 unspecified atom stereocenters. The molecule has 0 N–H and O–H groups in total. The van der Waals surface area contributed by atoms with Crippen LogP contribution >= 0.6 is 0 Å². The number of rotatable bonds is 2. The summed E-state index contributed by atoms with van der Waals surface area (Å²) >= 11 is 0. The Morgan fingerprint density at radius 2 is 2.06 bits per heavy atom. The Bertz CT molecular complexity index is 434. The van der Waals surface area contributed by atoms with Crippen LogP contribution < -0.4 is 5.19 Å². The van der Waals surface area contributed by atoms with Crippen molar-refractivity contribution in [2.45, 2.75) is 32.3 Å². The summed E-state index contributed by atoms with van der Waals surface area (Å²) in [6.07, 6.45) is 5.07. The van der Waals surface area contributed by atoms with Crippen molar-refractivity contribution in [2.24, 2.45) is 0 Å². The summed E-state index contributed by atoms with van der Waals surface area (Å²) in [4.78, 5) is 10.9. The first-order chi connectivity index (χ1) is 8.15. The average molecular weight is 246 g/mol. The Morgan fingerprint density at radius 3 is 2.59 bits per heavy atom. The minimum Gasteiger partial charge on any atom is -0.462 e. The van der Waals surface area contributed by atoms with Gasteiger partial charge in [0.25, 0.3) is 0 Å². The van der Waals surface area contributed by atoms with Gasteiger partial charge in [-0.25, -0.2) is 0 Å². The van der Waals surface area contributed by atoms with E-state index in [0.717, 1.165) is 29.5 Å². The Labute approximate surface area is 105 Å². The number of hydrogen-bond donors (Lipinski definition) is 0. The number of carbonyl (C=O) groups is 1. The van der Waals surface area contributed by atoms with Crippen LogP contribution in [0.3, 0.4) is 0 Å². The second-order valence-electron chi connectivity index (χ2n) is 4.60. The molecule has 0 aliphatic heterocycles. The second-order valence-corrected chi connectivity index (χ2v) is 5.76.